The summed E-state index contributed by atoms with van der Waals surface area (Å²) in [5.41, 5.74) is 2.44. The molecule has 0 N–H and O–H groups in total. The van der Waals surface area contributed by atoms with E-state index in [2.05, 4.69) is 42.2 Å². The Morgan fingerprint density at radius 1 is 1.09 bits per heavy atom. The molecule has 4 rings (SSSR count). The zero-order chi connectivity index (χ0) is 22.5. The van der Waals surface area contributed by atoms with Gasteiger partial charge in [0.2, 0.25) is 5.91 Å². The van der Waals surface area contributed by atoms with E-state index in [4.69, 9.17) is 9.47 Å². The highest BCUT2D eigenvalue weighted by Crippen LogP contribution is 2.31. The quantitative estimate of drug-likeness (QED) is 0.667. The summed E-state index contributed by atoms with van der Waals surface area (Å²) in [7, 11) is 1.66. The molecule has 1 amide bonds. The Kier molecular flexibility index (Phi) is 7.36. The Morgan fingerprint density at radius 3 is 2.56 bits per heavy atom. The number of carbonyl (C=O) groups excluding carboxylic acids is 1. The number of ether oxygens (including phenoxy) is 2. The molecule has 0 aromatic heterocycles. The molecule has 172 valence electrons. The van der Waals surface area contributed by atoms with Crippen LogP contribution in [0.4, 0.5) is 0 Å². The van der Waals surface area contributed by atoms with Crippen LogP contribution < -0.4 is 9.47 Å². The molecule has 0 saturated carbocycles. The molecule has 2 atom stereocenters. The molecule has 5 heteroatoms. The van der Waals surface area contributed by atoms with Gasteiger partial charge in [-0.25, -0.2) is 0 Å². The lowest BCUT2D eigenvalue weighted by molar-refractivity contribution is -0.135. The van der Waals surface area contributed by atoms with Crippen LogP contribution in [0.15, 0.2) is 48.5 Å². The van der Waals surface area contributed by atoms with E-state index in [1.807, 2.05) is 30.0 Å². The number of likely N-dealkylation sites (tertiary alicyclic amines) is 1. The van der Waals surface area contributed by atoms with E-state index in [9.17, 15) is 4.79 Å². The maximum atomic E-state index is 13.2. The summed E-state index contributed by atoms with van der Waals surface area (Å²) in [4.78, 5) is 17.7. The fourth-order valence-electron chi connectivity index (χ4n) is 4.88. The van der Waals surface area contributed by atoms with E-state index in [1.165, 1.54) is 24.8 Å². The van der Waals surface area contributed by atoms with Crippen molar-refractivity contribution in [3.8, 4) is 11.5 Å². The first-order chi connectivity index (χ1) is 15.5. The van der Waals surface area contributed by atoms with E-state index in [0.717, 1.165) is 42.6 Å². The van der Waals surface area contributed by atoms with Crippen LogP contribution in [0.2, 0.25) is 0 Å². The minimum Gasteiger partial charge on any atom is -0.497 e. The Balaban J connectivity index is 1.30. The molecule has 2 aromatic carbocycles. The smallest absolute Gasteiger partial charge is 0.224 e. The zero-order valence-electron chi connectivity index (χ0n) is 19.6. The standard InChI is InChI=1S/C27H36N2O3/c1-20-21(2)32-26-10-9-25(31-3)18-24(26)19-29(20)27(30)13-16-28-14-11-23(12-15-28)17-22-7-5-4-6-8-22/h4-10,18,20-21,23H,11-17,19H2,1-3H3. The predicted molar refractivity (Wildman–Crippen MR) is 127 cm³/mol. The molecule has 2 aliphatic rings. The van der Waals surface area contributed by atoms with Gasteiger partial charge < -0.3 is 19.3 Å². The van der Waals surface area contributed by atoms with Gasteiger partial charge in [-0.3, -0.25) is 4.79 Å². The maximum Gasteiger partial charge on any atom is 0.224 e. The summed E-state index contributed by atoms with van der Waals surface area (Å²) in [6.45, 7) is 7.69. The van der Waals surface area contributed by atoms with Crippen molar-refractivity contribution in [3.63, 3.8) is 0 Å². The highest BCUT2D eigenvalue weighted by atomic mass is 16.5. The lowest BCUT2D eigenvalue weighted by atomic mass is 9.90. The molecule has 0 spiro atoms. The number of hydrogen-bond donors (Lipinski definition) is 0. The average molecular weight is 437 g/mol. The van der Waals surface area contributed by atoms with Crippen LogP contribution in [0.1, 0.15) is 44.2 Å². The summed E-state index contributed by atoms with van der Waals surface area (Å²) in [5.74, 6) is 2.59. The van der Waals surface area contributed by atoms with Crippen molar-refractivity contribution >= 4 is 5.91 Å². The first kappa shape index (κ1) is 22.7. The van der Waals surface area contributed by atoms with Gasteiger partial charge in [0.05, 0.1) is 13.2 Å². The van der Waals surface area contributed by atoms with E-state index in [-0.39, 0.29) is 18.1 Å². The normalized spacial score (nSPS) is 22.0. The zero-order valence-corrected chi connectivity index (χ0v) is 19.6. The summed E-state index contributed by atoms with van der Waals surface area (Å²) >= 11 is 0. The number of piperidine rings is 1. The van der Waals surface area contributed by atoms with Crippen molar-refractivity contribution in [2.75, 3.05) is 26.7 Å². The van der Waals surface area contributed by atoms with Gasteiger partial charge in [0.25, 0.3) is 0 Å². The van der Waals surface area contributed by atoms with Crippen LogP contribution >= 0.6 is 0 Å². The molecule has 0 bridgehead atoms. The third-order valence-corrected chi connectivity index (χ3v) is 7.13. The maximum absolute atomic E-state index is 13.2. The number of nitrogens with zero attached hydrogens (tertiary/aromatic N) is 2. The number of methoxy groups -OCH3 is 1. The van der Waals surface area contributed by atoms with Crippen molar-refractivity contribution in [1.82, 2.24) is 9.80 Å². The van der Waals surface area contributed by atoms with Gasteiger partial charge >= 0.3 is 0 Å². The van der Waals surface area contributed by atoms with Gasteiger partial charge in [0.15, 0.2) is 0 Å². The van der Waals surface area contributed by atoms with Crippen LogP contribution in [0, 0.1) is 5.92 Å². The number of hydrogen-bond acceptors (Lipinski definition) is 4. The molecule has 2 aromatic rings. The summed E-state index contributed by atoms with van der Waals surface area (Å²) in [6, 6.07) is 16.7. The van der Waals surface area contributed by atoms with Crippen LogP contribution in [-0.2, 0) is 17.8 Å². The molecule has 32 heavy (non-hydrogen) atoms. The molecule has 0 radical (unpaired) electrons. The second-order valence-corrected chi connectivity index (χ2v) is 9.28. The SMILES string of the molecule is COc1ccc2c(c1)CN(C(=O)CCN1CCC(Cc3ccccc3)CC1)C(C)C(C)O2. The summed E-state index contributed by atoms with van der Waals surface area (Å²) < 4.78 is 11.5. The van der Waals surface area contributed by atoms with E-state index in [0.29, 0.717) is 13.0 Å². The predicted octanol–water partition coefficient (Wildman–Crippen LogP) is 4.54. The number of carbonyl (C=O) groups is 1. The Hall–Kier alpha value is -2.53. The van der Waals surface area contributed by atoms with Crippen LogP contribution in [0.3, 0.4) is 0 Å². The Bertz CT molecular complexity index is 893. The Morgan fingerprint density at radius 2 is 1.84 bits per heavy atom. The number of amides is 1. The number of benzene rings is 2. The monoisotopic (exact) mass is 436 g/mol. The van der Waals surface area contributed by atoms with Crippen LogP contribution in [0.5, 0.6) is 11.5 Å². The fourth-order valence-corrected chi connectivity index (χ4v) is 4.88. The van der Waals surface area contributed by atoms with E-state index in [1.54, 1.807) is 7.11 Å². The van der Waals surface area contributed by atoms with Crippen molar-refractivity contribution < 1.29 is 14.3 Å². The molecule has 1 saturated heterocycles. The molecular formula is C27H36N2O3. The van der Waals surface area contributed by atoms with Crippen LogP contribution in [0.25, 0.3) is 0 Å². The topological polar surface area (TPSA) is 42.0 Å². The summed E-state index contributed by atoms with van der Waals surface area (Å²) in [5, 5.41) is 0. The lowest BCUT2D eigenvalue weighted by Crippen LogP contribution is -2.45. The van der Waals surface area contributed by atoms with Crippen molar-refractivity contribution in [2.45, 2.75) is 58.2 Å². The third kappa shape index (κ3) is 5.44. The van der Waals surface area contributed by atoms with Gasteiger partial charge in [-0.15, -0.1) is 0 Å². The fraction of sp³-hybridized carbons (Fsp3) is 0.519. The average Bonchev–Trinajstić information content (AvgIpc) is 2.94. The molecule has 5 nitrogen and oxygen atoms in total. The van der Waals surface area contributed by atoms with Crippen molar-refractivity contribution in [2.24, 2.45) is 5.92 Å². The highest BCUT2D eigenvalue weighted by Gasteiger charge is 2.31. The van der Waals surface area contributed by atoms with Gasteiger partial charge in [-0.05, 0) is 75.9 Å². The van der Waals surface area contributed by atoms with Gasteiger partial charge in [0, 0.05) is 25.1 Å². The first-order valence-electron chi connectivity index (χ1n) is 11.9. The van der Waals surface area contributed by atoms with E-state index >= 15 is 0 Å². The second-order valence-electron chi connectivity index (χ2n) is 9.28. The minimum atomic E-state index is -0.0534. The van der Waals surface area contributed by atoms with Gasteiger partial charge in [-0.1, -0.05) is 30.3 Å². The summed E-state index contributed by atoms with van der Waals surface area (Å²) in [6.07, 6.45) is 4.09. The third-order valence-electron chi connectivity index (χ3n) is 7.13. The minimum absolute atomic E-state index is 0.0255. The largest absolute Gasteiger partial charge is 0.497 e. The van der Waals surface area contributed by atoms with E-state index < -0.39 is 0 Å². The molecule has 2 heterocycles. The Labute approximate surface area is 192 Å². The van der Waals surface area contributed by atoms with Crippen molar-refractivity contribution in [3.05, 3.63) is 59.7 Å². The molecule has 2 unspecified atom stereocenters. The second kappa shape index (κ2) is 10.4. The van der Waals surface area contributed by atoms with Crippen molar-refractivity contribution in [1.29, 1.82) is 0 Å². The highest BCUT2D eigenvalue weighted by molar-refractivity contribution is 5.77. The first-order valence-corrected chi connectivity index (χ1v) is 11.9. The molecule has 1 fully saturated rings. The molecule has 0 aliphatic carbocycles. The van der Waals surface area contributed by atoms with Crippen LogP contribution in [-0.4, -0.2) is 54.6 Å². The number of rotatable bonds is 6. The van der Waals surface area contributed by atoms with Gasteiger partial charge in [-0.2, -0.15) is 0 Å². The lowest BCUT2D eigenvalue weighted by Gasteiger charge is -2.34. The molecule has 2 aliphatic heterocycles. The van der Waals surface area contributed by atoms with Gasteiger partial charge in [0.1, 0.15) is 17.6 Å². The molecular weight excluding hydrogens is 400 g/mol. The number of fused-ring (bicyclic) bond motifs is 1.